The van der Waals surface area contributed by atoms with Crippen LogP contribution in [0.25, 0.3) is 0 Å². The first-order chi connectivity index (χ1) is 62.4. The second-order valence-corrected chi connectivity index (χ2v) is 33.1. The molecule has 2 aliphatic rings. The number of hydrogen-bond acceptors (Lipinski definition) is 29. The Morgan fingerprint density at radius 2 is 0.984 bits per heavy atom. The number of unbranched alkanes of at least 4 members (excludes halogenated alkanes) is 1. The summed E-state index contributed by atoms with van der Waals surface area (Å²) in [6, 6.07) is 9.19. The fraction of sp³-hybridized carbons (Fsp3) is 0.701. The van der Waals surface area contributed by atoms with Crippen molar-refractivity contribution in [3.05, 3.63) is 71.3 Å². The summed E-state index contributed by atoms with van der Waals surface area (Å²) in [4.78, 5) is 179. The monoisotopic (exact) mass is 1860 g/mol. The van der Waals surface area contributed by atoms with Crippen molar-refractivity contribution in [1.82, 2.24) is 57.7 Å². The largest absolute Gasteiger partial charge is 0.480 e. The molecule has 19 N–H and O–H groups in total. The van der Waals surface area contributed by atoms with Gasteiger partial charge < -0.3 is 133 Å². The highest BCUT2D eigenvalue weighted by molar-refractivity contribution is 7.98. The van der Waals surface area contributed by atoms with Gasteiger partial charge in [0.05, 0.1) is 130 Å². The molecular formula is C87H144N16O24S2. The molecule has 0 aromatic heterocycles. The first-order valence-electron chi connectivity index (χ1n) is 44.8. The van der Waals surface area contributed by atoms with E-state index in [1.165, 1.54) is 53.4 Å². The van der Waals surface area contributed by atoms with Crippen molar-refractivity contribution in [1.29, 1.82) is 0 Å². The minimum Gasteiger partial charge on any atom is -0.480 e. The van der Waals surface area contributed by atoms with Gasteiger partial charge >= 0.3 is 5.97 Å². The first-order valence-corrected chi connectivity index (χ1v) is 47.2. The second-order valence-electron chi connectivity index (χ2n) is 31.0. The molecule has 0 bridgehead atoms. The Balaban J connectivity index is 1.10. The van der Waals surface area contributed by atoms with Gasteiger partial charge in [-0.3, -0.25) is 57.5 Å². The van der Waals surface area contributed by atoms with Crippen LogP contribution in [-0.2, 0) is 123 Å². The maximum absolute atomic E-state index is 14.8. The lowest BCUT2D eigenvalue weighted by molar-refractivity contribution is -0.146. The number of carboxylic acid groups (broad SMARTS) is 1. The van der Waals surface area contributed by atoms with Gasteiger partial charge in [-0.05, 0) is 75.0 Å². The Bertz CT molecular complexity index is 3620. The van der Waals surface area contributed by atoms with Gasteiger partial charge in [0.15, 0.2) is 0 Å². The SMILES string of the molecule is CCCC[C@H](NC(=O)CCC(=O)NCCCOCCOCCOCCCNC(=O)CCOCCOCCOCCOCCOCCOCCNC(=O)C(CNCCN)CNCCN)C(=O)N=CC(CSCc1cccc(CSC[C@H](NC(=O)[C@H](Cc2ccccc2)NC(=O)[C@H](CCC(N)=O)NC(=O)[C@@H](C)[C@@H](C)O)C(=O)O)c1)C(=O)N1CCC[C@H]1C(=O)N1CCC[C@H]1C(N)=O. The number of carboxylic acids is 1. The summed E-state index contributed by atoms with van der Waals surface area (Å²) in [5.74, 6) is -9.33. The number of aliphatic carboxylic acids is 1. The summed E-state index contributed by atoms with van der Waals surface area (Å²) in [6.07, 6.45) is 3.81. The van der Waals surface area contributed by atoms with Crippen molar-refractivity contribution in [2.24, 2.45) is 45.7 Å². The molecule has 42 heteroatoms. The van der Waals surface area contributed by atoms with Crippen molar-refractivity contribution in [2.75, 3.05) is 202 Å². The maximum atomic E-state index is 14.8. The molecule has 9 atom stereocenters. The van der Waals surface area contributed by atoms with Crippen LogP contribution in [0.2, 0.25) is 0 Å². The molecule has 2 aliphatic heterocycles. The van der Waals surface area contributed by atoms with Crippen molar-refractivity contribution in [3.63, 3.8) is 0 Å². The van der Waals surface area contributed by atoms with E-state index in [1.54, 1.807) is 30.3 Å². The molecule has 0 spiro atoms. The Kier molecular flexibility index (Phi) is 61.6. The number of nitrogens with two attached hydrogens (primary N) is 4. The molecule has 0 aliphatic carbocycles. The predicted octanol–water partition coefficient (Wildman–Crippen LogP) is -1.27. The highest BCUT2D eigenvalue weighted by atomic mass is 32.2. The topological polar surface area (TPSA) is 577 Å². The number of nitrogens with zero attached hydrogens (tertiary/aromatic N) is 3. The molecule has 2 saturated heterocycles. The molecule has 4 rings (SSSR count). The van der Waals surface area contributed by atoms with Crippen LogP contribution in [0.15, 0.2) is 59.6 Å². The zero-order chi connectivity index (χ0) is 94.0. The van der Waals surface area contributed by atoms with Crippen LogP contribution in [0, 0.1) is 17.8 Å². The van der Waals surface area contributed by atoms with Gasteiger partial charge in [-0.2, -0.15) is 23.5 Å². The Labute approximate surface area is 766 Å². The highest BCUT2D eigenvalue weighted by Gasteiger charge is 2.43. The van der Waals surface area contributed by atoms with Crippen LogP contribution in [0.1, 0.15) is 127 Å². The molecule has 40 nitrogen and oxygen atoms in total. The number of benzene rings is 2. The summed E-state index contributed by atoms with van der Waals surface area (Å²) >= 11 is 2.58. The third kappa shape index (κ3) is 50.7. The van der Waals surface area contributed by atoms with Crippen LogP contribution >= 0.6 is 23.5 Å². The lowest BCUT2D eigenvalue weighted by Crippen LogP contribution is -2.57. The zero-order valence-electron chi connectivity index (χ0n) is 75.3. The summed E-state index contributed by atoms with van der Waals surface area (Å²) in [5, 5.41) is 45.7. The first kappa shape index (κ1) is 113. The van der Waals surface area contributed by atoms with Crippen molar-refractivity contribution >= 4 is 107 Å². The Morgan fingerprint density at radius 3 is 1.52 bits per heavy atom. The molecule has 0 saturated carbocycles. The summed E-state index contributed by atoms with van der Waals surface area (Å²) < 4.78 is 50.0. The summed E-state index contributed by atoms with van der Waals surface area (Å²) in [6.45, 7) is 16.5. The van der Waals surface area contributed by atoms with Crippen LogP contribution in [0.3, 0.4) is 0 Å². The number of nitrogens with one attached hydrogen (secondary N) is 9. The number of primary amides is 2. The number of aliphatic hydroxyl groups excluding tert-OH is 1. The van der Waals surface area contributed by atoms with E-state index in [-0.39, 0.29) is 106 Å². The fourth-order valence-corrected chi connectivity index (χ4v) is 15.2. The van der Waals surface area contributed by atoms with E-state index in [2.05, 4.69) is 52.8 Å². The molecule has 2 heterocycles. The number of carbonyl (C=O) groups excluding carboxylic acids is 12. The number of aliphatic imine (C=N–C) groups is 1. The van der Waals surface area contributed by atoms with E-state index in [0.717, 1.165) is 11.1 Å². The van der Waals surface area contributed by atoms with Gasteiger partial charge in [-0.25, -0.2) is 9.79 Å². The minimum atomic E-state index is -1.43. The van der Waals surface area contributed by atoms with Crippen LogP contribution in [0.5, 0.6) is 0 Å². The Morgan fingerprint density at radius 1 is 0.496 bits per heavy atom. The molecule has 728 valence electrons. The predicted molar refractivity (Wildman–Crippen MR) is 486 cm³/mol. The average molecular weight is 1860 g/mol. The van der Waals surface area contributed by atoms with E-state index in [4.69, 9.17) is 65.6 Å². The molecule has 12 amide bonds. The number of rotatable bonds is 77. The average Bonchev–Trinajstić information content (AvgIpc) is 1.67. The third-order valence-electron chi connectivity index (χ3n) is 20.5. The molecular weight excluding hydrogens is 1720 g/mol. The van der Waals surface area contributed by atoms with E-state index >= 15 is 0 Å². The van der Waals surface area contributed by atoms with Crippen LogP contribution < -0.4 is 70.8 Å². The van der Waals surface area contributed by atoms with Gasteiger partial charge in [0.2, 0.25) is 65.0 Å². The number of hydrogen-bond donors (Lipinski definition) is 15. The van der Waals surface area contributed by atoms with Crippen molar-refractivity contribution in [3.8, 4) is 0 Å². The molecule has 2 aromatic rings. The lowest BCUT2D eigenvalue weighted by Gasteiger charge is -2.31. The van der Waals surface area contributed by atoms with Gasteiger partial charge in [0.1, 0.15) is 36.3 Å². The molecule has 2 fully saturated rings. The number of ether oxygens (including phenoxy) is 9. The molecule has 1 unspecified atom stereocenters. The zero-order valence-corrected chi connectivity index (χ0v) is 77.0. The summed E-state index contributed by atoms with van der Waals surface area (Å²) in [5.41, 5.74) is 24.4. The van der Waals surface area contributed by atoms with Crippen molar-refractivity contribution in [2.45, 2.75) is 171 Å². The highest BCUT2D eigenvalue weighted by Crippen LogP contribution is 2.28. The molecule has 0 radical (unpaired) electrons. The standard InChI is InChI=1S/C87H144N16O24S2/c1-4-5-18-69(98-78(108)24-23-76(106)94-28-12-35-119-39-43-123-44-40-120-36-13-29-95-77(107)25-37-121-41-45-124-47-49-126-51-52-127-50-48-125-46-42-122-38-32-96-81(111)67(55-92-30-26-88)56-93-31-27-89)82(112)97-57-68(85(115)103-34-11-20-74(103)86(116)102-33-10-19-73(102)79(91)109)60-128-58-65-16-9-17-66(53-65)59-129-61-72(87(117)118)101-84(114)71(54-64-14-7-6-8-15-64)100-83(113)70(21-22-75(90)105)99-80(110)62(2)63(3)104/h6-9,14-17,53,57,62-63,67-74,92-93,104H,4-5,10-13,18-52,54-56,58-61,88-89H2,1-3H3,(H2,90,105)(H2,91,109)(H,94,106)(H,95,107)(H,96,111)(H,98,108)(H,99,110)(H,100,113)(H,101,114)(H,117,118)/t62-,63+,68?,69-,70-,71-,72-,73-,74-/m0/s1. The van der Waals surface area contributed by atoms with Gasteiger partial charge in [0, 0.05) is 147 Å². The summed E-state index contributed by atoms with van der Waals surface area (Å²) in [7, 11) is 0. The normalized spacial score (nSPS) is 15.5. The van der Waals surface area contributed by atoms with Crippen LogP contribution in [-0.4, -0.2) is 348 Å². The van der Waals surface area contributed by atoms with Crippen molar-refractivity contribution < 1.29 is 115 Å². The quantitative estimate of drug-likeness (QED) is 0.0271. The number of aliphatic hydroxyl groups is 1. The fourth-order valence-electron chi connectivity index (χ4n) is 13.2. The number of amides is 12. The minimum absolute atomic E-state index is 0.0639. The maximum Gasteiger partial charge on any atom is 0.327 e. The third-order valence-corrected chi connectivity index (χ3v) is 22.8. The number of likely N-dealkylation sites (tertiary alicyclic amines) is 2. The Hall–Kier alpha value is -8.44. The van der Waals surface area contributed by atoms with E-state index in [9.17, 15) is 72.5 Å². The van der Waals surface area contributed by atoms with E-state index < -0.39 is 107 Å². The molecule has 129 heavy (non-hydrogen) atoms. The van der Waals surface area contributed by atoms with Crippen LogP contribution in [0.4, 0.5) is 0 Å². The number of carbonyl (C=O) groups is 13. The van der Waals surface area contributed by atoms with Gasteiger partial charge in [0.25, 0.3) is 5.91 Å². The van der Waals surface area contributed by atoms with Gasteiger partial charge in [-0.1, -0.05) is 81.3 Å². The second kappa shape index (κ2) is 70.4. The van der Waals surface area contributed by atoms with E-state index in [1.807, 2.05) is 31.2 Å². The smallest absolute Gasteiger partial charge is 0.327 e. The van der Waals surface area contributed by atoms with Gasteiger partial charge in [-0.15, -0.1) is 0 Å². The van der Waals surface area contributed by atoms with E-state index in [0.29, 0.717) is 240 Å². The molecule has 2 aromatic carbocycles. The number of thioether (sulfide) groups is 2. The lowest BCUT2D eigenvalue weighted by atomic mass is 10.0.